The van der Waals surface area contributed by atoms with Gasteiger partial charge in [-0.05, 0) is 37.9 Å². The molecular formula is C15H21N3O2. The summed E-state index contributed by atoms with van der Waals surface area (Å²) < 4.78 is 10.6. The quantitative estimate of drug-likeness (QED) is 0.713. The standard InChI is InChI=1S/C15H21N3O2/c1-19-11-7-3-6-10-16-12-14-17-18-15(20-14)13-8-4-2-5-9-13/h2,4-5,8-9,16H,3,6-7,10-12H2,1H3. The summed E-state index contributed by atoms with van der Waals surface area (Å²) in [5.41, 5.74) is 0.950. The van der Waals surface area contributed by atoms with E-state index in [-0.39, 0.29) is 0 Å². The van der Waals surface area contributed by atoms with Crippen molar-refractivity contribution >= 4 is 0 Å². The van der Waals surface area contributed by atoms with Gasteiger partial charge in [0.25, 0.3) is 0 Å². The fourth-order valence-electron chi connectivity index (χ4n) is 1.89. The zero-order valence-electron chi connectivity index (χ0n) is 11.8. The molecular weight excluding hydrogens is 254 g/mol. The van der Waals surface area contributed by atoms with Crippen LogP contribution in [0.5, 0.6) is 0 Å². The van der Waals surface area contributed by atoms with Gasteiger partial charge in [0.15, 0.2) is 0 Å². The van der Waals surface area contributed by atoms with Crippen LogP contribution in [0.15, 0.2) is 34.7 Å². The average molecular weight is 275 g/mol. The number of nitrogens with one attached hydrogen (secondary N) is 1. The summed E-state index contributed by atoms with van der Waals surface area (Å²) in [6.07, 6.45) is 3.40. The number of hydrogen-bond donors (Lipinski definition) is 1. The molecule has 0 saturated carbocycles. The highest BCUT2D eigenvalue weighted by Gasteiger charge is 2.07. The zero-order valence-corrected chi connectivity index (χ0v) is 11.8. The fraction of sp³-hybridized carbons (Fsp3) is 0.467. The van der Waals surface area contributed by atoms with E-state index in [0.29, 0.717) is 18.3 Å². The van der Waals surface area contributed by atoms with Crippen LogP contribution in [-0.2, 0) is 11.3 Å². The topological polar surface area (TPSA) is 60.2 Å². The minimum absolute atomic E-state index is 0.572. The molecule has 1 N–H and O–H groups in total. The van der Waals surface area contributed by atoms with Gasteiger partial charge in [0.05, 0.1) is 6.54 Å². The Balaban J connectivity index is 1.69. The summed E-state index contributed by atoms with van der Waals surface area (Å²) in [7, 11) is 1.73. The summed E-state index contributed by atoms with van der Waals surface area (Å²) in [4.78, 5) is 0. The van der Waals surface area contributed by atoms with E-state index >= 15 is 0 Å². The third-order valence-electron chi connectivity index (χ3n) is 2.97. The first-order valence-corrected chi connectivity index (χ1v) is 6.97. The number of rotatable bonds is 9. The molecule has 1 heterocycles. The Morgan fingerprint density at radius 2 is 1.95 bits per heavy atom. The molecule has 0 aliphatic carbocycles. The van der Waals surface area contributed by atoms with Gasteiger partial charge in [0.1, 0.15) is 0 Å². The lowest BCUT2D eigenvalue weighted by Crippen LogP contribution is -2.15. The molecule has 0 bridgehead atoms. The molecule has 0 unspecified atom stereocenters. The molecule has 20 heavy (non-hydrogen) atoms. The number of ether oxygens (including phenoxy) is 1. The highest BCUT2D eigenvalue weighted by atomic mass is 16.5. The molecule has 0 fully saturated rings. The SMILES string of the molecule is COCCCCCNCc1nnc(-c2ccccc2)o1. The van der Waals surface area contributed by atoms with E-state index in [1.54, 1.807) is 7.11 Å². The van der Waals surface area contributed by atoms with Gasteiger partial charge in [-0.1, -0.05) is 18.2 Å². The highest BCUT2D eigenvalue weighted by molar-refractivity contribution is 5.51. The first-order chi connectivity index (χ1) is 9.90. The second-order valence-corrected chi connectivity index (χ2v) is 4.60. The maximum atomic E-state index is 5.61. The van der Waals surface area contributed by atoms with Crippen LogP contribution >= 0.6 is 0 Å². The molecule has 0 amide bonds. The number of unbranched alkanes of at least 4 members (excludes halogenated alkanes) is 2. The summed E-state index contributed by atoms with van der Waals surface area (Å²) in [6, 6.07) is 9.79. The number of aromatic nitrogens is 2. The van der Waals surface area contributed by atoms with E-state index in [0.717, 1.165) is 31.6 Å². The minimum Gasteiger partial charge on any atom is -0.419 e. The van der Waals surface area contributed by atoms with Crippen molar-refractivity contribution in [3.05, 3.63) is 36.2 Å². The van der Waals surface area contributed by atoms with Crippen LogP contribution in [0.25, 0.3) is 11.5 Å². The van der Waals surface area contributed by atoms with Gasteiger partial charge in [-0.25, -0.2) is 0 Å². The van der Waals surface area contributed by atoms with Crippen LogP contribution in [0.3, 0.4) is 0 Å². The van der Waals surface area contributed by atoms with Crippen LogP contribution in [-0.4, -0.2) is 30.5 Å². The Morgan fingerprint density at radius 1 is 1.10 bits per heavy atom. The molecule has 2 aromatic rings. The smallest absolute Gasteiger partial charge is 0.247 e. The van der Waals surface area contributed by atoms with Crippen molar-refractivity contribution < 1.29 is 9.15 Å². The van der Waals surface area contributed by atoms with Crippen molar-refractivity contribution in [2.24, 2.45) is 0 Å². The summed E-state index contributed by atoms with van der Waals surface area (Å²) >= 11 is 0. The van der Waals surface area contributed by atoms with Gasteiger partial charge >= 0.3 is 0 Å². The van der Waals surface area contributed by atoms with E-state index < -0.39 is 0 Å². The number of benzene rings is 1. The third kappa shape index (κ3) is 4.75. The Kier molecular flexibility index (Phi) is 6.20. The van der Waals surface area contributed by atoms with Crippen LogP contribution in [0.4, 0.5) is 0 Å². The van der Waals surface area contributed by atoms with Crippen molar-refractivity contribution in [3.8, 4) is 11.5 Å². The molecule has 1 aromatic carbocycles. The number of nitrogens with zero attached hydrogens (tertiary/aromatic N) is 2. The summed E-state index contributed by atoms with van der Waals surface area (Å²) in [5.74, 6) is 1.20. The Morgan fingerprint density at radius 3 is 2.75 bits per heavy atom. The minimum atomic E-state index is 0.572. The molecule has 2 rings (SSSR count). The largest absolute Gasteiger partial charge is 0.419 e. The van der Waals surface area contributed by atoms with Crippen molar-refractivity contribution in [2.75, 3.05) is 20.3 Å². The van der Waals surface area contributed by atoms with Crippen LogP contribution in [0, 0.1) is 0 Å². The molecule has 0 saturated heterocycles. The van der Waals surface area contributed by atoms with Gasteiger partial charge in [-0.2, -0.15) is 0 Å². The third-order valence-corrected chi connectivity index (χ3v) is 2.97. The van der Waals surface area contributed by atoms with Crippen molar-refractivity contribution in [1.29, 1.82) is 0 Å². The second kappa shape index (κ2) is 8.45. The summed E-state index contributed by atoms with van der Waals surface area (Å²) in [5, 5.41) is 11.4. The number of methoxy groups -OCH3 is 1. The highest BCUT2D eigenvalue weighted by Crippen LogP contribution is 2.16. The van der Waals surface area contributed by atoms with Crippen molar-refractivity contribution in [3.63, 3.8) is 0 Å². The van der Waals surface area contributed by atoms with Crippen molar-refractivity contribution in [1.82, 2.24) is 15.5 Å². The van der Waals surface area contributed by atoms with Gasteiger partial charge in [-0.15, -0.1) is 10.2 Å². The van der Waals surface area contributed by atoms with Gasteiger partial charge < -0.3 is 14.5 Å². The van der Waals surface area contributed by atoms with Crippen LogP contribution in [0.1, 0.15) is 25.2 Å². The van der Waals surface area contributed by atoms with E-state index in [1.807, 2.05) is 30.3 Å². The number of hydrogen-bond acceptors (Lipinski definition) is 5. The van der Waals surface area contributed by atoms with E-state index in [1.165, 1.54) is 6.42 Å². The molecule has 0 radical (unpaired) electrons. The second-order valence-electron chi connectivity index (χ2n) is 4.60. The van der Waals surface area contributed by atoms with E-state index in [9.17, 15) is 0 Å². The van der Waals surface area contributed by atoms with E-state index in [4.69, 9.17) is 9.15 Å². The fourth-order valence-corrected chi connectivity index (χ4v) is 1.89. The average Bonchev–Trinajstić information content (AvgIpc) is 2.96. The Labute approximate surface area is 119 Å². The maximum absolute atomic E-state index is 5.61. The first-order valence-electron chi connectivity index (χ1n) is 6.97. The maximum Gasteiger partial charge on any atom is 0.247 e. The predicted molar refractivity (Wildman–Crippen MR) is 77.2 cm³/mol. The predicted octanol–water partition coefficient (Wildman–Crippen LogP) is 2.64. The van der Waals surface area contributed by atoms with Gasteiger partial charge in [-0.3, -0.25) is 0 Å². The molecule has 0 atom stereocenters. The molecule has 108 valence electrons. The van der Waals surface area contributed by atoms with Crippen LogP contribution in [0.2, 0.25) is 0 Å². The van der Waals surface area contributed by atoms with Crippen molar-refractivity contribution in [2.45, 2.75) is 25.8 Å². The molecule has 5 nitrogen and oxygen atoms in total. The summed E-state index contributed by atoms with van der Waals surface area (Å²) in [6.45, 7) is 2.40. The molecule has 1 aromatic heterocycles. The normalized spacial score (nSPS) is 10.8. The molecule has 0 spiro atoms. The molecule has 0 aliphatic rings. The van der Waals surface area contributed by atoms with Gasteiger partial charge in [0, 0.05) is 19.3 Å². The lowest BCUT2D eigenvalue weighted by Gasteiger charge is -2.01. The zero-order chi connectivity index (χ0) is 14.0. The Hall–Kier alpha value is -1.72. The lowest BCUT2D eigenvalue weighted by molar-refractivity contribution is 0.192. The molecule has 0 aliphatic heterocycles. The van der Waals surface area contributed by atoms with E-state index in [2.05, 4.69) is 15.5 Å². The van der Waals surface area contributed by atoms with Crippen LogP contribution < -0.4 is 5.32 Å². The monoisotopic (exact) mass is 275 g/mol. The Bertz CT molecular complexity index is 485. The first kappa shape index (κ1) is 14.7. The lowest BCUT2D eigenvalue weighted by atomic mass is 10.2. The van der Waals surface area contributed by atoms with Gasteiger partial charge in [0.2, 0.25) is 11.8 Å². The molecule has 5 heteroatoms.